The van der Waals surface area contributed by atoms with Crippen LogP contribution in [0.3, 0.4) is 0 Å². The van der Waals surface area contributed by atoms with Crippen molar-refractivity contribution in [2.24, 2.45) is 0 Å². The van der Waals surface area contributed by atoms with E-state index < -0.39 is 5.97 Å². The number of hydrogen-bond acceptors (Lipinski definition) is 3. The lowest BCUT2D eigenvalue weighted by Crippen LogP contribution is -1.99. The van der Waals surface area contributed by atoms with Crippen LogP contribution >= 0.6 is 0 Å². The van der Waals surface area contributed by atoms with E-state index in [1.807, 2.05) is 6.08 Å². The molecular weight excluding hydrogens is 294 g/mol. The predicted molar refractivity (Wildman–Crippen MR) is 93.0 cm³/mol. The third kappa shape index (κ3) is 15.3. The van der Waals surface area contributed by atoms with Gasteiger partial charge in [0, 0.05) is 12.8 Å². The third-order valence-corrected chi connectivity index (χ3v) is 4.00. The lowest BCUT2D eigenvalue weighted by Gasteiger charge is -2.01. The minimum atomic E-state index is -0.707. The van der Waals surface area contributed by atoms with E-state index >= 15 is 0 Å². The van der Waals surface area contributed by atoms with Crippen molar-refractivity contribution in [2.75, 3.05) is 0 Å². The highest BCUT2D eigenvalue weighted by molar-refractivity contribution is 5.66. The van der Waals surface area contributed by atoms with Gasteiger partial charge >= 0.3 is 5.97 Å². The van der Waals surface area contributed by atoms with E-state index in [-0.39, 0.29) is 11.3 Å². The monoisotopic (exact) mass is 327 g/mol. The summed E-state index contributed by atoms with van der Waals surface area (Å²) in [6.45, 7) is 2.10. The molecule has 23 heavy (non-hydrogen) atoms. The molecule has 1 N–H and O–H groups in total. The Kier molecular flexibility index (Phi) is 14.6. The summed E-state index contributed by atoms with van der Waals surface area (Å²) in [5.74, 6) is -0.707. The van der Waals surface area contributed by atoms with Crippen LogP contribution in [-0.2, 0) is 4.79 Å². The lowest BCUT2D eigenvalue weighted by atomic mass is 10.1. The van der Waals surface area contributed by atoms with Gasteiger partial charge in [-0.2, -0.15) is 0 Å². The normalized spacial score (nSPS) is 11.6. The molecule has 0 radical (unpaired) electrons. The van der Waals surface area contributed by atoms with Crippen LogP contribution in [0.5, 0.6) is 0 Å². The Morgan fingerprint density at radius 3 is 1.96 bits per heavy atom. The van der Waals surface area contributed by atoms with Gasteiger partial charge in [-0.05, 0) is 31.8 Å². The number of nitro groups is 1. The van der Waals surface area contributed by atoms with Gasteiger partial charge in [0.2, 0.25) is 5.70 Å². The van der Waals surface area contributed by atoms with Gasteiger partial charge in [-0.3, -0.25) is 14.9 Å². The maximum absolute atomic E-state index is 10.9. The van der Waals surface area contributed by atoms with Crippen LogP contribution in [0.2, 0.25) is 0 Å². The molecule has 0 atom stereocenters. The molecular formula is C18H33NO4. The van der Waals surface area contributed by atoms with Crippen molar-refractivity contribution < 1.29 is 14.8 Å². The first-order valence-electron chi connectivity index (χ1n) is 9.13. The van der Waals surface area contributed by atoms with Gasteiger partial charge in [0.05, 0.1) is 4.92 Å². The molecule has 0 bridgehead atoms. The highest BCUT2D eigenvalue weighted by atomic mass is 16.6. The fourth-order valence-corrected chi connectivity index (χ4v) is 2.57. The molecule has 5 heteroatoms. The van der Waals surface area contributed by atoms with E-state index in [1.54, 1.807) is 0 Å². The summed E-state index contributed by atoms with van der Waals surface area (Å²) in [4.78, 5) is 21.0. The number of allylic oxidation sites excluding steroid dienone is 2. The maximum Gasteiger partial charge on any atom is 0.303 e. The second-order valence-corrected chi connectivity index (χ2v) is 6.17. The van der Waals surface area contributed by atoms with Crippen molar-refractivity contribution in [3.8, 4) is 0 Å². The van der Waals surface area contributed by atoms with E-state index in [0.717, 1.165) is 70.6 Å². The van der Waals surface area contributed by atoms with Gasteiger partial charge in [0.1, 0.15) is 0 Å². The first kappa shape index (κ1) is 21.6. The van der Waals surface area contributed by atoms with Gasteiger partial charge in [0.25, 0.3) is 0 Å². The van der Waals surface area contributed by atoms with Crippen molar-refractivity contribution in [1.29, 1.82) is 0 Å². The van der Waals surface area contributed by atoms with Crippen molar-refractivity contribution >= 4 is 5.97 Å². The molecule has 0 aliphatic carbocycles. The summed E-state index contributed by atoms with van der Waals surface area (Å²) in [5.41, 5.74) is 0.386. The number of rotatable bonds is 16. The quantitative estimate of drug-likeness (QED) is 0.223. The Hall–Kier alpha value is -1.39. The molecule has 0 unspecified atom stereocenters. The molecule has 134 valence electrons. The Morgan fingerprint density at radius 2 is 1.43 bits per heavy atom. The number of hydrogen-bond donors (Lipinski definition) is 1. The SMILES string of the molecule is CCCCC/C(=C\CCCCCCCCCCC(=O)O)[N+](=O)[O-]. The topological polar surface area (TPSA) is 80.4 Å². The summed E-state index contributed by atoms with van der Waals surface area (Å²) in [6, 6.07) is 0. The molecule has 0 amide bonds. The van der Waals surface area contributed by atoms with Gasteiger partial charge in [0.15, 0.2) is 0 Å². The minimum Gasteiger partial charge on any atom is -0.481 e. The molecule has 0 aliphatic rings. The Morgan fingerprint density at radius 1 is 0.913 bits per heavy atom. The first-order chi connectivity index (χ1) is 11.1. The second kappa shape index (κ2) is 15.5. The number of carboxylic acids is 1. The Bertz CT molecular complexity index is 353. The van der Waals surface area contributed by atoms with Crippen LogP contribution < -0.4 is 0 Å². The van der Waals surface area contributed by atoms with Crippen molar-refractivity contribution in [3.63, 3.8) is 0 Å². The largest absolute Gasteiger partial charge is 0.481 e. The molecule has 0 aromatic heterocycles. The zero-order valence-electron chi connectivity index (χ0n) is 14.6. The van der Waals surface area contributed by atoms with Gasteiger partial charge in [-0.15, -0.1) is 0 Å². The molecule has 0 fully saturated rings. The van der Waals surface area contributed by atoms with Gasteiger partial charge in [-0.1, -0.05) is 58.3 Å². The standard InChI is InChI=1S/C18H33NO4/c1-2-3-11-14-17(19(22)23)15-12-9-7-5-4-6-8-10-13-16-18(20)21/h15H,2-14,16H2,1H3,(H,20,21)/b17-15+. The number of unbranched alkanes of at least 4 members (excludes halogenated alkanes) is 10. The minimum absolute atomic E-state index is 0.229. The summed E-state index contributed by atoms with van der Waals surface area (Å²) in [5, 5.41) is 19.5. The zero-order valence-corrected chi connectivity index (χ0v) is 14.6. The maximum atomic E-state index is 10.9. The van der Waals surface area contributed by atoms with Crippen molar-refractivity contribution in [3.05, 3.63) is 21.9 Å². The van der Waals surface area contributed by atoms with Crippen LogP contribution in [0.15, 0.2) is 11.8 Å². The molecule has 5 nitrogen and oxygen atoms in total. The van der Waals surface area contributed by atoms with Gasteiger partial charge < -0.3 is 5.11 Å². The van der Waals surface area contributed by atoms with Crippen LogP contribution in [0.1, 0.15) is 96.8 Å². The van der Waals surface area contributed by atoms with E-state index in [2.05, 4.69) is 6.92 Å². The smallest absolute Gasteiger partial charge is 0.303 e. The lowest BCUT2D eigenvalue weighted by molar-refractivity contribution is -0.428. The first-order valence-corrected chi connectivity index (χ1v) is 9.13. The fraction of sp³-hybridized carbons (Fsp3) is 0.833. The number of carboxylic acid groups (broad SMARTS) is 1. The third-order valence-electron chi connectivity index (χ3n) is 4.00. The van der Waals surface area contributed by atoms with E-state index in [0.29, 0.717) is 12.1 Å². The zero-order chi connectivity index (χ0) is 17.3. The van der Waals surface area contributed by atoms with E-state index in [9.17, 15) is 14.9 Å². The van der Waals surface area contributed by atoms with E-state index in [4.69, 9.17) is 5.11 Å². The molecule has 0 spiro atoms. The summed E-state index contributed by atoms with van der Waals surface area (Å²) in [6.07, 6.45) is 15.1. The number of aliphatic carboxylic acids is 1. The van der Waals surface area contributed by atoms with Crippen LogP contribution in [0.25, 0.3) is 0 Å². The van der Waals surface area contributed by atoms with E-state index in [1.165, 1.54) is 6.42 Å². The van der Waals surface area contributed by atoms with Crippen molar-refractivity contribution in [2.45, 2.75) is 96.8 Å². The molecule has 0 aromatic rings. The average molecular weight is 327 g/mol. The van der Waals surface area contributed by atoms with Crippen LogP contribution in [0.4, 0.5) is 0 Å². The van der Waals surface area contributed by atoms with Crippen LogP contribution in [-0.4, -0.2) is 16.0 Å². The summed E-state index contributed by atoms with van der Waals surface area (Å²) in [7, 11) is 0. The second-order valence-electron chi connectivity index (χ2n) is 6.17. The molecule has 0 aliphatic heterocycles. The summed E-state index contributed by atoms with van der Waals surface area (Å²) < 4.78 is 0. The number of nitrogens with zero attached hydrogens (tertiary/aromatic N) is 1. The fourth-order valence-electron chi connectivity index (χ4n) is 2.57. The van der Waals surface area contributed by atoms with Crippen LogP contribution in [0, 0.1) is 10.1 Å². The molecule has 0 aromatic carbocycles. The highest BCUT2D eigenvalue weighted by Gasteiger charge is 2.08. The molecule has 0 heterocycles. The van der Waals surface area contributed by atoms with Gasteiger partial charge in [-0.25, -0.2) is 0 Å². The Balaban J connectivity index is 3.52. The predicted octanol–water partition coefficient (Wildman–Crippen LogP) is 5.71. The molecule has 0 saturated carbocycles. The van der Waals surface area contributed by atoms with Crippen molar-refractivity contribution in [1.82, 2.24) is 0 Å². The average Bonchev–Trinajstić information content (AvgIpc) is 2.50. The molecule has 0 rings (SSSR count). The number of carbonyl (C=O) groups is 1. The molecule has 0 saturated heterocycles. The Labute approximate surface area is 140 Å². The highest BCUT2D eigenvalue weighted by Crippen LogP contribution is 2.14. The summed E-state index contributed by atoms with van der Waals surface area (Å²) >= 11 is 0.